The predicted octanol–water partition coefficient (Wildman–Crippen LogP) is 4.14. The van der Waals surface area contributed by atoms with E-state index in [1.807, 2.05) is 39.0 Å². The van der Waals surface area contributed by atoms with Gasteiger partial charge in [0.1, 0.15) is 5.60 Å². The Morgan fingerprint density at radius 3 is 2.57 bits per heavy atom. The first-order valence-corrected chi connectivity index (χ1v) is 8.20. The normalized spacial score (nSPS) is 19.2. The molecule has 0 saturated carbocycles. The Morgan fingerprint density at radius 1 is 1.30 bits per heavy atom. The maximum absolute atomic E-state index is 12.6. The molecule has 1 aromatic rings. The van der Waals surface area contributed by atoms with Crippen molar-refractivity contribution >= 4 is 35.8 Å². The molecule has 2 aliphatic heterocycles. The number of amides is 1. The summed E-state index contributed by atoms with van der Waals surface area (Å²) < 4.78 is 5.58. The molecule has 1 aromatic carbocycles. The van der Waals surface area contributed by atoms with E-state index in [2.05, 4.69) is 5.32 Å². The first-order valence-electron chi connectivity index (χ1n) is 7.82. The second-order valence-corrected chi connectivity index (χ2v) is 7.69. The fraction of sp³-hybridized carbons (Fsp3) is 0.588. The zero-order valence-electron chi connectivity index (χ0n) is 13.8. The van der Waals surface area contributed by atoms with Crippen molar-refractivity contribution in [3.8, 4) is 0 Å². The number of fused-ring (bicyclic) bond motifs is 2. The maximum atomic E-state index is 12.6. The fourth-order valence-electron chi connectivity index (χ4n) is 3.45. The van der Waals surface area contributed by atoms with Crippen molar-refractivity contribution in [2.45, 2.75) is 44.6 Å². The summed E-state index contributed by atoms with van der Waals surface area (Å²) in [6.07, 6.45) is 1.76. The smallest absolute Gasteiger partial charge is 0.414 e. The highest BCUT2D eigenvalue weighted by Gasteiger charge is 2.46. The molecule has 0 aromatic heterocycles. The number of halogens is 2. The number of carbonyl (C=O) groups is 1. The molecule has 1 spiro atoms. The SMILES string of the molecule is CC(C)(C)OC(=O)N1CC2(CCNCC2)c2cc(Cl)ccc21.Cl. The molecule has 0 radical (unpaired) electrons. The molecule has 1 saturated heterocycles. The van der Waals surface area contributed by atoms with Gasteiger partial charge < -0.3 is 10.1 Å². The van der Waals surface area contributed by atoms with Crippen LogP contribution in [0.1, 0.15) is 39.2 Å². The summed E-state index contributed by atoms with van der Waals surface area (Å²) in [5, 5.41) is 4.12. The first-order chi connectivity index (χ1) is 10.3. The fourth-order valence-corrected chi connectivity index (χ4v) is 3.63. The Hall–Kier alpha value is -0.970. The first kappa shape index (κ1) is 18.4. The van der Waals surface area contributed by atoms with E-state index in [4.69, 9.17) is 16.3 Å². The number of rotatable bonds is 0. The average Bonchev–Trinajstić information content (AvgIpc) is 2.72. The molecule has 0 bridgehead atoms. The van der Waals surface area contributed by atoms with Crippen molar-refractivity contribution in [1.82, 2.24) is 5.32 Å². The van der Waals surface area contributed by atoms with Crippen molar-refractivity contribution < 1.29 is 9.53 Å². The van der Waals surface area contributed by atoms with E-state index >= 15 is 0 Å². The van der Waals surface area contributed by atoms with Gasteiger partial charge in [0.15, 0.2) is 0 Å². The van der Waals surface area contributed by atoms with Crippen LogP contribution in [0.25, 0.3) is 0 Å². The molecule has 6 heteroatoms. The van der Waals surface area contributed by atoms with Crippen LogP contribution < -0.4 is 10.2 Å². The van der Waals surface area contributed by atoms with Gasteiger partial charge in [-0.05, 0) is 70.5 Å². The highest BCUT2D eigenvalue weighted by molar-refractivity contribution is 6.30. The summed E-state index contributed by atoms with van der Waals surface area (Å²) in [5.74, 6) is 0. The standard InChI is InChI=1S/C17H23ClN2O2.ClH/c1-16(2,3)22-15(21)20-11-17(6-8-19-9-7-17)13-10-12(18)4-5-14(13)20;/h4-5,10,19H,6-9,11H2,1-3H3;1H. The number of piperidine rings is 1. The summed E-state index contributed by atoms with van der Waals surface area (Å²) in [4.78, 5) is 14.4. The summed E-state index contributed by atoms with van der Waals surface area (Å²) in [6, 6.07) is 5.81. The Labute approximate surface area is 148 Å². The number of hydrogen-bond donors (Lipinski definition) is 1. The second kappa shape index (κ2) is 6.50. The van der Waals surface area contributed by atoms with Gasteiger partial charge >= 0.3 is 6.09 Å². The molecule has 1 amide bonds. The highest BCUT2D eigenvalue weighted by atomic mass is 35.5. The minimum atomic E-state index is -0.493. The number of nitrogens with zero attached hydrogens (tertiary/aromatic N) is 1. The molecule has 0 unspecified atom stereocenters. The predicted molar refractivity (Wildman–Crippen MR) is 96.1 cm³/mol. The van der Waals surface area contributed by atoms with Crippen LogP contribution in [0.3, 0.4) is 0 Å². The van der Waals surface area contributed by atoms with Crippen LogP contribution in [-0.4, -0.2) is 31.3 Å². The van der Waals surface area contributed by atoms with Crippen molar-refractivity contribution in [3.63, 3.8) is 0 Å². The zero-order chi connectivity index (χ0) is 16.0. The lowest BCUT2D eigenvalue weighted by Crippen LogP contribution is -2.45. The molecule has 23 heavy (non-hydrogen) atoms. The third kappa shape index (κ3) is 3.59. The van der Waals surface area contributed by atoms with Crippen LogP contribution in [0.5, 0.6) is 0 Å². The van der Waals surface area contributed by atoms with E-state index in [9.17, 15) is 4.79 Å². The Bertz CT molecular complexity index is 593. The van der Waals surface area contributed by atoms with E-state index in [1.165, 1.54) is 5.56 Å². The number of anilines is 1. The van der Waals surface area contributed by atoms with Crippen LogP contribution in [0.4, 0.5) is 10.5 Å². The van der Waals surface area contributed by atoms with Gasteiger partial charge in [0.05, 0.1) is 5.69 Å². The molecular formula is C17H24Cl2N2O2. The number of carbonyl (C=O) groups excluding carboxylic acids is 1. The quantitative estimate of drug-likeness (QED) is 0.757. The van der Waals surface area contributed by atoms with Gasteiger partial charge in [-0.3, -0.25) is 4.90 Å². The van der Waals surface area contributed by atoms with Crippen LogP contribution in [0.2, 0.25) is 5.02 Å². The summed E-state index contributed by atoms with van der Waals surface area (Å²) >= 11 is 6.21. The van der Waals surface area contributed by atoms with Gasteiger partial charge in [-0.2, -0.15) is 0 Å². The number of hydrogen-bond acceptors (Lipinski definition) is 3. The monoisotopic (exact) mass is 358 g/mol. The lowest BCUT2D eigenvalue weighted by atomic mass is 9.75. The van der Waals surface area contributed by atoms with E-state index < -0.39 is 5.60 Å². The highest BCUT2D eigenvalue weighted by Crippen LogP contribution is 2.47. The minimum Gasteiger partial charge on any atom is -0.443 e. The molecule has 128 valence electrons. The molecular weight excluding hydrogens is 335 g/mol. The topological polar surface area (TPSA) is 41.6 Å². The van der Waals surface area contributed by atoms with Gasteiger partial charge in [0.25, 0.3) is 0 Å². The van der Waals surface area contributed by atoms with Crippen molar-refractivity contribution in [2.24, 2.45) is 0 Å². The van der Waals surface area contributed by atoms with Crippen molar-refractivity contribution in [1.29, 1.82) is 0 Å². The number of ether oxygens (including phenoxy) is 1. The third-order valence-electron chi connectivity index (χ3n) is 4.46. The van der Waals surface area contributed by atoms with E-state index in [-0.39, 0.29) is 23.9 Å². The largest absolute Gasteiger partial charge is 0.443 e. The van der Waals surface area contributed by atoms with Crippen molar-refractivity contribution in [2.75, 3.05) is 24.5 Å². The Balaban J connectivity index is 0.00000192. The van der Waals surface area contributed by atoms with Gasteiger partial charge in [0, 0.05) is 17.0 Å². The summed E-state index contributed by atoms with van der Waals surface area (Å²) in [5.41, 5.74) is 1.64. The van der Waals surface area contributed by atoms with E-state index in [0.717, 1.165) is 36.6 Å². The van der Waals surface area contributed by atoms with Crippen LogP contribution in [-0.2, 0) is 10.2 Å². The summed E-state index contributed by atoms with van der Waals surface area (Å²) in [6.45, 7) is 8.29. The Morgan fingerprint density at radius 2 is 1.96 bits per heavy atom. The lowest BCUT2D eigenvalue weighted by Gasteiger charge is -2.34. The molecule has 0 aliphatic carbocycles. The van der Waals surface area contributed by atoms with Crippen molar-refractivity contribution in [3.05, 3.63) is 28.8 Å². The summed E-state index contributed by atoms with van der Waals surface area (Å²) in [7, 11) is 0. The van der Waals surface area contributed by atoms with Crippen LogP contribution in [0, 0.1) is 0 Å². The van der Waals surface area contributed by atoms with Gasteiger partial charge in [0.2, 0.25) is 0 Å². The van der Waals surface area contributed by atoms with Crippen LogP contribution >= 0.6 is 24.0 Å². The number of nitrogens with one attached hydrogen (secondary N) is 1. The molecule has 1 fully saturated rings. The average molecular weight is 359 g/mol. The third-order valence-corrected chi connectivity index (χ3v) is 4.69. The lowest BCUT2D eigenvalue weighted by molar-refractivity contribution is 0.0575. The molecule has 4 nitrogen and oxygen atoms in total. The molecule has 2 heterocycles. The minimum absolute atomic E-state index is 0. The number of benzene rings is 1. The van der Waals surface area contributed by atoms with E-state index in [0.29, 0.717) is 6.54 Å². The molecule has 3 rings (SSSR count). The Kier molecular flexibility index (Phi) is 5.19. The van der Waals surface area contributed by atoms with Crippen LogP contribution in [0.15, 0.2) is 18.2 Å². The van der Waals surface area contributed by atoms with Gasteiger partial charge in [-0.15, -0.1) is 12.4 Å². The zero-order valence-corrected chi connectivity index (χ0v) is 15.4. The van der Waals surface area contributed by atoms with E-state index in [1.54, 1.807) is 4.90 Å². The molecule has 1 N–H and O–H groups in total. The maximum Gasteiger partial charge on any atom is 0.414 e. The molecule has 0 atom stereocenters. The van der Waals surface area contributed by atoms with Gasteiger partial charge in [-0.25, -0.2) is 4.79 Å². The second-order valence-electron chi connectivity index (χ2n) is 7.26. The molecule has 2 aliphatic rings. The van der Waals surface area contributed by atoms with Gasteiger partial charge in [-0.1, -0.05) is 11.6 Å².